The number of aliphatic carboxylic acids is 1. The van der Waals surface area contributed by atoms with E-state index in [1.807, 2.05) is 0 Å². The lowest BCUT2D eigenvalue weighted by atomic mass is 9.99. The standard InChI is InChI=1S/C13H18N2O4S/c14-12-3-1-2-10(8-12)9-20(18,19)15-6-4-11(5-7-15)13(16)17/h1-3,8,11H,4-7,9,14H2,(H,16,17). The van der Waals surface area contributed by atoms with Crippen LogP contribution in [-0.4, -0.2) is 36.9 Å². The molecule has 0 aliphatic carbocycles. The van der Waals surface area contributed by atoms with Gasteiger partial charge < -0.3 is 10.8 Å². The molecule has 1 aromatic carbocycles. The van der Waals surface area contributed by atoms with Crippen LogP contribution in [0, 0.1) is 5.92 Å². The van der Waals surface area contributed by atoms with Gasteiger partial charge in [-0.3, -0.25) is 4.79 Å². The predicted octanol–water partition coefficient (Wildman–Crippen LogP) is 0.895. The second kappa shape index (κ2) is 5.80. The number of nitrogens with two attached hydrogens (primary N) is 1. The van der Waals surface area contributed by atoms with Crippen LogP contribution in [-0.2, 0) is 20.6 Å². The first-order valence-electron chi connectivity index (χ1n) is 6.43. The van der Waals surface area contributed by atoms with Gasteiger partial charge in [-0.05, 0) is 30.5 Å². The second-order valence-corrected chi connectivity index (χ2v) is 6.98. The molecule has 6 nitrogen and oxygen atoms in total. The monoisotopic (exact) mass is 298 g/mol. The first-order chi connectivity index (χ1) is 9.38. The third-order valence-electron chi connectivity index (χ3n) is 3.50. The highest BCUT2D eigenvalue weighted by Gasteiger charge is 2.30. The molecule has 2 rings (SSSR count). The Morgan fingerprint density at radius 3 is 2.55 bits per heavy atom. The van der Waals surface area contributed by atoms with Crippen molar-refractivity contribution in [2.24, 2.45) is 5.92 Å². The molecule has 0 amide bonds. The molecule has 1 heterocycles. The van der Waals surface area contributed by atoms with Crippen molar-refractivity contribution in [2.45, 2.75) is 18.6 Å². The number of nitrogen functional groups attached to an aromatic ring is 1. The van der Waals surface area contributed by atoms with Crippen LogP contribution < -0.4 is 5.73 Å². The van der Waals surface area contributed by atoms with E-state index in [0.717, 1.165) is 0 Å². The number of anilines is 1. The largest absolute Gasteiger partial charge is 0.481 e. The minimum atomic E-state index is -3.42. The lowest BCUT2D eigenvalue weighted by Gasteiger charge is -2.29. The van der Waals surface area contributed by atoms with Crippen LogP contribution in [0.15, 0.2) is 24.3 Å². The first-order valence-corrected chi connectivity index (χ1v) is 8.04. The Kier molecular flexibility index (Phi) is 4.29. The van der Waals surface area contributed by atoms with Gasteiger partial charge in [-0.25, -0.2) is 12.7 Å². The summed E-state index contributed by atoms with van der Waals surface area (Å²) < 4.78 is 25.9. The van der Waals surface area contributed by atoms with Crippen molar-refractivity contribution in [1.29, 1.82) is 0 Å². The molecule has 0 spiro atoms. The van der Waals surface area contributed by atoms with Gasteiger partial charge in [0.2, 0.25) is 10.0 Å². The summed E-state index contributed by atoms with van der Waals surface area (Å²) in [7, 11) is -3.42. The van der Waals surface area contributed by atoms with E-state index in [1.165, 1.54) is 4.31 Å². The Hall–Kier alpha value is -1.60. The highest BCUT2D eigenvalue weighted by Crippen LogP contribution is 2.22. The summed E-state index contributed by atoms with van der Waals surface area (Å²) in [6, 6.07) is 6.78. The van der Waals surface area contributed by atoms with Gasteiger partial charge in [0.15, 0.2) is 0 Å². The fourth-order valence-electron chi connectivity index (χ4n) is 2.37. The number of hydrogen-bond acceptors (Lipinski definition) is 4. The van der Waals surface area contributed by atoms with Crippen molar-refractivity contribution < 1.29 is 18.3 Å². The van der Waals surface area contributed by atoms with Crippen LogP contribution in [0.3, 0.4) is 0 Å². The fourth-order valence-corrected chi connectivity index (χ4v) is 3.92. The molecule has 110 valence electrons. The zero-order valence-corrected chi connectivity index (χ0v) is 11.8. The van der Waals surface area contributed by atoms with Crippen molar-refractivity contribution in [3.05, 3.63) is 29.8 Å². The number of rotatable bonds is 4. The van der Waals surface area contributed by atoms with Crippen molar-refractivity contribution in [2.75, 3.05) is 18.8 Å². The summed E-state index contributed by atoms with van der Waals surface area (Å²) >= 11 is 0. The van der Waals surface area contributed by atoms with E-state index in [1.54, 1.807) is 24.3 Å². The van der Waals surface area contributed by atoms with E-state index < -0.39 is 21.9 Å². The molecule has 0 saturated carbocycles. The highest BCUT2D eigenvalue weighted by atomic mass is 32.2. The van der Waals surface area contributed by atoms with Gasteiger partial charge in [0.25, 0.3) is 0 Å². The number of sulfonamides is 1. The Bertz CT molecular complexity index is 592. The van der Waals surface area contributed by atoms with Crippen LogP contribution >= 0.6 is 0 Å². The average Bonchev–Trinajstić information content (AvgIpc) is 2.38. The van der Waals surface area contributed by atoms with E-state index in [-0.39, 0.29) is 18.8 Å². The van der Waals surface area contributed by atoms with Crippen molar-refractivity contribution >= 4 is 21.7 Å². The smallest absolute Gasteiger partial charge is 0.306 e. The molecule has 0 unspecified atom stereocenters. The Labute approximate surface area is 118 Å². The maximum atomic E-state index is 12.3. The third-order valence-corrected chi connectivity index (χ3v) is 5.35. The molecule has 1 saturated heterocycles. The maximum absolute atomic E-state index is 12.3. The van der Waals surface area contributed by atoms with Gasteiger partial charge in [0.1, 0.15) is 0 Å². The number of hydrogen-bond donors (Lipinski definition) is 2. The van der Waals surface area contributed by atoms with Crippen molar-refractivity contribution in [3.8, 4) is 0 Å². The molecule has 0 bridgehead atoms. The zero-order valence-electron chi connectivity index (χ0n) is 11.0. The molecule has 1 aromatic rings. The zero-order chi connectivity index (χ0) is 14.8. The molecule has 1 aliphatic rings. The first kappa shape index (κ1) is 14.8. The summed E-state index contributed by atoms with van der Waals surface area (Å²) in [6.45, 7) is 0.531. The van der Waals surface area contributed by atoms with Gasteiger partial charge in [0, 0.05) is 18.8 Å². The third kappa shape index (κ3) is 3.49. The molecule has 0 aromatic heterocycles. The minimum Gasteiger partial charge on any atom is -0.481 e. The molecular formula is C13H18N2O4S. The van der Waals surface area contributed by atoms with E-state index in [0.29, 0.717) is 24.1 Å². The molecule has 7 heteroatoms. The summed E-state index contributed by atoms with van der Waals surface area (Å²) in [5.41, 5.74) is 6.81. The number of carboxylic acid groups (broad SMARTS) is 1. The van der Waals surface area contributed by atoms with Crippen LogP contribution in [0.4, 0.5) is 5.69 Å². The van der Waals surface area contributed by atoms with E-state index in [2.05, 4.69) is 0 Å². The number of benzene rings is 1. The quantitative estimate of drug-likeness (QED) is 0.804. The summed E-state index contributed by atoms with van der Waals surface area (Å²) in [5, 5.41) is 8.91. The van der Waals surface area contributed by atoms with E-state index >= 15 is 0 Å². The number of piperidine rings is 1. The van der Waals surface area contributed by atoms with Crippen molar-refractivity contribution in [3.63, 3.8) is 0 Å². The molecular weight excluding hydrogens is 280 g/mol. The van der Waals surface area contributed by atoms with E-state index in [9.17, 15) is 13.2 Å². The second-order valence-electron chi connectivity index (χ2n) is 5.01. The topological polar surface area (TPSA) is 101 Å². The van der Waals surface area contributed by atoms with Crippen LogP contribution in [0.2, 0.25) is 0 Å². The fraction of sp³-hybridized carbons (Fsp3) is 0.462. The normalized spacial score (nSPS) is 18.0. The molecule has 3 N–H and O–H groups in total. The Morgan fingerprint density at radius 2 is 2.00 bits per heavy atom. The molecule has 20 heavy (non-hydrogen) atoms. The van der Waals surface area contributed by atoms with Gasteiger partial charge >= 0.3 is 5.97 Å². The van der Waals surface area contributed by atoms with Gasteiger partial charge in [-0.1, -0.05) is 12.1 Å². The predicted molar refractivity (Wildman–Crippen MR) is 75.4 cm³/mol. The Balaban J connectivity index is 2.03. The molecule has 0 radical (unpaired) electrons. The summed E-state index contributed by atoms with van der Waals surface area (Å²) in [5.74, 6) is -1.39. The SMILES string of the molecule is Nc1cccc(CS(=O)(=O)N2CCC(C(=O)O)CC2)c1. The molecule has 0 atom stereocenters. The van der Waals surface area contributed by atoms with Crippen LogP contribution in [0.25, 0.3) is 0 Å². The number of nitrogens with zero attached hydrogens (tertiary/aromatic N) is 1. The van der Waals surface area contributed by atoms with Gasteiger partial charge in [-0.15, -0.1) is 0 Å². The highest BCUT2D eigenvalue weighted by molar-refractivity contribution is 7.88. The van der Waals surface area contributed by atoms with Gasteiger partial charge in [-0.2, -0.15) is 0 Å². The minimum absolute atomic E-state index is 0.101. The van der Waals surface area contributed by atoms with Crippen LogP contribution in [0.1, 0.15) is 18.4 Å². The molecule has 1 fully saturated rings. The van der Waals surface area contributed by atoms with Gasteiger partial charge in [0.05, 0.1) is 11.7 Å². The average molecular weight is 298 g/mol. The molecule has 1 aliphatic heterocycles. The van der Waals surface area contributed by atoms with Crippen LogP contribution in [0.5, 0.6) is 0 Å². The summed E-state index contributed by atoms with van der Waals surface area (Å²) in [4.78, 5) is 10.9. The lowest BCUT2D eigenvalue weighted by Crippen LogP contribution is -2.40. The summed E-state index contributed by atoms with van der Waals surface area (Å²) in [6.07, 6.45) is 0.733. The lowest BCUT2D eigenvalue weighted by molar-refractivity contribution is -0.142. The number of carbonyl (C=O) groups is 1. The number of carboxylic acids is 1. The Morgan fingerprint density at radius 1 is 1.35 bits per heavy atom. The maximum Gasteiger partial charge on any atom is 0.306 e. The van der Waals surface area contributed by atoms with E-state index in [4.69, 9.17) is 10.8 Å². The van der Waals surface area contributed by atoms with Crippen molar-refractivity contribution in [1.82, 2.24) is 4.31 Å².